The van der Waals surface area contributed by atoms with Gasteiger partial charge in [-0.25, -0.2) is 4.79 Å². The topological polar surface area (TPSA) is 111 Å². The van der Waals surface area contributed by atoms with E-state index < -0.39 is 23.9 Å². The van der Waals surface area contributed by atoms with Gasteiger partial charge in [0, 0.05) is 11.8 Å². The molecule has 1 fully saturated rings. The molecule has 0 radical (unpaired) electrons. The number of ether oxygens (including phenoxy) is 1. The first-order valence-corrected chi connectivity index (χ1v) is 8.28. The highest BCUT2D eigenvalue weighted by Crippen LogP contribution is 2.17. The predicted octanol–water partition coefficient (Wildman–Crippen LogP) is 0.378. The third-order valence-electron chi connectivity index (χ3n) is 3.06. The maximum atomic E-state index is 11.6. The molecule has 3 amide bonds. The maximum Gasteiger partial charge on any atom is 0.323 e. The zero-order chi connectivity index (χ0) is 15.7. The average Bonchev–Trinajstić information content (AvgIpc) is 2.91. The highest BCUT2D eigenvalue weighted by molar-refractivity contribution is 8.00. The van der Waals surface area contributed by atoms with Crippen LogP contribution in [0.1, 0.15) is 32.6 Å². The summed E-state index contributed by atoms with van der Waals surface area (Å²) < 4.78 is 4.76. The monoisotopic (exact) mass is 317 g/mol. The third-order valence-corrected chi connectivity index (χ3v) is 4.12. The molecule has 0 spiro atoms. The summed E-state index contributed by atoms with van der Waals surface area (Å²) in [5, 5.41) is 5.03. The standard InChI is InChI=1S/C13H23N3O4S/c1-2-20-12(18)10(14)7-21-8-11(17)16-13(19)15-9-5-3-4-6-9/h9-10H,2-8,14H2,1H3,(H2,15,16,17,19). The number of carbonyl (C=O) groups is 3. The predicted molar refractivity (Wildman–Crippen MR) is 80.9 cm³/mol. The molecular formula is C13H23N3O4S. The first kappa shape index (κ1) is 17.8. The summed E-state index contributed by atoms with van der Waals surface area (Å²) in [7, 11) is 0. The summed E-state index contributed by atoms with van der Waals surface area (Å²) in [6.07, 6.45) is 4.15. The second-order valence-electron chi connectivity index (χ2n) is 4.88. The number of imide groups is 1. The number of nitrogens with one attached hydrogen (secondary N) is 2. The Hall–Kier alpha value is -1.28. The lowest BCUT2D eigenvalue weighted by molar-refractivity contribution is -0.144. The number of hydrogen-bond acceptors (Lipinski definition) is 6. The minimum absolute atomic E-state index is 0.0746. The van der Waals surface area contributed by atoms with E-state index >= 15 is 0 Å². The van der Waals surface area contributed by atoms with Gasteiger partial charge in [0.15, 0.2) is 0 Å². The van der Waals surface area contributed by atoms with E-state index in [1.165, 1.54) is 11.8 Å². The molecule has 0 aliphatic heterocycles. The van der Waals surface area contributed by atoms with Gasteiger partial charge in [0.25, 0.3) is 0 Å². The Morgan fingerprint density at radius 2 is 2.00 bits per heavy atom. The van der Waals surface area contributed by atoms with Gasteiger partial charge >= 0.3 is 12.0 Å². The van der Waals surface area contributed by atoms with Crippen molar-refractivity contribution in [2.24, 2.45) is 5.73 Å². The number of nitrogens with two attached hydrogens (primary N) is 1. The van der Waals surface area contributed by atoms with Gasteiger partial charge in [-0.15, -0.1) is 11.8 Å². The lowest BCUT2D eigenvalue weighted by Gasteiger charge is -2.12. The lowest BCUT2D eigenvalue weighted by atomic mass is 10.2. The van der Waals surface area contributed by atoms with Gasteiger partial charge in [0.2, 0.25) is 5.91 Å². The molecule has 21 heavy (non-hydrogen) atoms. The van der Waals surface area contributed by atoms with E-state index in [0.29, 0.717) is 0 Å². The van der Waals surface area contributed by atoms with Gasteiger partial charge in [-0.1, -0.05) is 12.8 Å². The zero-order valence-electron chi connectivity index (χ0n) is 12.2. The second-order valence-corrected chi connectivity index (χ2v) is 5.91. The minimum Gasteiger partial charge on any atom is -0.465 e. The Labute approximate surface area is 128 Å². The van der Waals surface area contributed by atoms with Crippen LogP contribution in [-0.2, 0) is 14.3 Å². The van der Waals surface area contributed by atoms with Crippen LogP contribution in [-0.4, -0.2) is 48.1 Å². The summed E-state index contributed by atoms with van der Waals surface area (Å²) in [4.78, 5) is 34.4. The Morgan fingerprint density at radius 3 is 2.62 bits per heavy atom. The van der Waals surface area contributed by atoms with Crippen LogP contribution in [0, 0.1) is 0 Å². The fraction of sp³-hybridized carbons (Fsp3) is 0.769. The van der Waals surface area contributed by atoms with E-state index in [0.717, 1.165) is 25.7 Å². The molecule has 8 heteroatoms. The largest absolute Gasteiger partial charge is 0.465 e. The molecule has 1 aliphatic carbocycles. The summed E-state index contributed by atoms with van der Waals surface area (Å²) >= 11 is 1.19. The van der Waals surface area contributed by atoms with Crippen LogP contribution >= 0.6 is 11.8 Å². The van der Waals surface area contributed by atoms with Crippen molar-refractivity contribution >= 4 is 29.7 Å². The fourth-order valence-corrected chi connectivity index (χ4v) is 2.82. The summed E-state index contributed by atoms with van der Waals surface area (Å²) in [5.41, 5.74) is 5.59. The molecule has 0 aromatic carbocycles. The van der Waals surface area contributed by atoms with Crippen LogP contribution in [0.25, 0.3) is 0 Å². The van der Waals surface area contributed by atoms with Gasteiger partial charge in [-0.2, -0.15) is 0 Å². The smallest absolute Gasteiger partial charge is 0.323 e. The fourth-order valence-electron chi connectivity index (χ4n) is 2.05. The average molecular weight is 317 g/mol. The van der Waals surface area contributed by atoms with E-state index in [2.05, 4.69) is 10.6 Å². The van der Waals surface area contributed by atoms with Crippen LogP contribution in [0.15, 0.2) is 0 Å². The van der Waals surface area contributed by atoms with E-state index in [-0.39, 0.29) is 24.2 Å². The van der Waals surface area contributed by atoms with Crippen LogP contribution in [0.5, 0.6) is 0 Å². The molecule has 0 bridgehead atoms. The first-order chi connectivity index (χ1) is 10.0. The van der Waals surface area contributed by atoms with Crippen molar-refractivity contribution in [2.75, 3.05) is 18.1 Å². The third kappa shape index (κ3) is 7.33. The highest BCUT2D eigenvalue weighted by Gasteiger charge is 2.19. The Balaban J connectivity index is 2.12. The molecule has 7 nitrogen and oxygen atoms in total. The number of carbonyl (C=O) groups excluding carboxylic acids is 3. The molecule has 1 saturated carbocycles. The SMILES string of the molecule is CCOC(=O)C(N)CSCC(=O)NC(=O)NC1CCCC1. The molecule has 0 aromatic rings. The van der Waals surface area contributed by atoms with Gasteiger partial charge in [-0.05, 0) is 19.8 Å². The molecule has 1 atom stereocenters. The van der Waals surface area contributed by atoms with Crippen molar-refractivity contribution < 1.29 is 19.1 Å². The van der Waals surface area contributed by atoms with Crippen LogP contribution in [0.3, 0.4) is 0 Å². The number of esters is 1. The van der Waals surface area contributed by atoms with Crippen molar-refractivity contribution in [3.8, 4) is 0 Å². The summed E-state index contributed by atoms with van der Waals surface area (Å²) in [6.45, 7) is 1.98. The molecule has 0 heterocycles. The van der Waals surface area contributed by atoms with E-state index in [4.69, 9.17) is 10.5 Å². The van der Waals surface area contributed by atoms with Crippen LogP contribution in [0.4, 0.5) is 4.79 Å². The lowest BCUT2D eigenvalue weighted by Crippen LogP contribution is -2.44. The molecule has 0 saturated heterocycles. The molecular weight excluding hydrogens is 294 g/mol. The molecule has 0 aromatic heterocycles. The van der Waals surface area contributed by atoms with Crippen molar-refractivity contribution in [2.45, 2.75) is 44.7 Å². The quantitative estimate of drug-likeness (QED) is 0.585. The van der Waals surface area contributed by atoms with E-state index in [9.17, 15) is 14.4 Å². The number of urea groups is 1. The number of amides is 3. The second kappa shape index (κ2) is 9.62. The first-order valence-electron chi connectivity index (χ1n) is 7.13. The maximum absolute atomic E-state index is 11.6. The van der Waals surface area contributed by atoms with Crippen molar-refractivity contribution in [3.63, 3.8) is 0 Å². The molecule has 1 unspecified atom stereocenters. The summed E-state index contributed by atoms with van der Waals surface area (Å²) in [6, 6.07) is -1.04. The van der Waals surface area contributed by atoms with Gasteiger partial charge < -0.3 is 15.8 Å². The van der Waals surface area contributed by atoms with Crippen LogP contribution in [0.2, 0.25) is 0 Å². The van der Waals surface area contributed by atoms with Gasteiger partial charge in [-0.3, -0.25) is 14.9 Å². The molecule has 120 valence electrons. The normalized spacial score (nSPS) is 16.3. The Kier molecular flexibility index (Phi) is 8.14. The van der Waals surface area contributed by atoms with Gasteiger partial charge in [0.1, 0.15) is 6.04 Å². The molecule has 4 N–H and O–H groups in total. The minimum atomic E-state index is -0.755. The Morgan fingerprint density at radius 1 is 1.33 bits per heavy atom. The van der Waals surface area contributed by atoms with E-state index in [1.54, 1.807) is 6.92 Å². The summed E-state index contributed by atoms with van der Waals surface area (Å²) in [5.74, 6) is -0.530. The van der Waals surface area contributed by atoms with E-state index in [1.807, 2.05) is 0 Å². The molecule has 1 aliphatic rings. The van der Waals surface area contributed by atoms with Crippen molar-refractivity contribution in [1.29, 1.82) is 0 Å². The van der Waals surface area contributed by atoms with Crippen LogP contribution < -0.4 is 16.4 Å². The van der Waals surface area contributed by atoms with Crippen molar-refractivity contribution in [1.82, 2.24) is 10.6 Å². The number of rotatable bonds is 7. The molecule has 1 rings (SSSR count). The zero-order valence-corrected chi connectivity index (χ0v) is 13.0. The highest BCUT2D eigenvalue weighted by atomic mass is 32.2. The number of thioether (sulfide) groups is 1. The van der Waals surface area contributed by atoms with Crippen molar-refractivity contribution in [3.05, 3.63) is 0 Å². The number of hydrogen-bond donors (Lipinski definition) is 3. The van der Waals surface area contributed by atoms with Gasteiger partial charge in [0.05, 0.1) is 12.4 Å². The Bertz CT molecular complexity index is 372.